The van der Waals surface area contributed by atoms with E-state index in [0.29, 0.717) is 26.1 Å². The standard InChI is InChI=1S/C48H57F2N5O8SSi/c1-48(2,3)65(41-11-7-5-8-12-41,42-13-9-6-10-14-42)63-45-22-20-40(30-44(45)55(47(58)59)64(4,60)61)62-33-39(56)32-51-26-23-34-15-18-37(19-16-34)53-38-24-27-54(28-25-38)46(57)52-31-35-29-36(49)17-21-43(35)50/h5-22,29-30,38-39,51,53,56H,23-28,31-33H2,1-4H3,(H,52,57)(H,58,59)/t39-/m0/s1. The number of hydrogen-bond acceptors (Lipinski definition) is 9. The lowest BCUT2D eigenvalue weighted by Crippen LogP contribution is -2.69. The third-order valence-electron chi connectivity index (χ3n) is 11.3. The van der Waals surface area contributed by atoms with Crippen LogP contribution in [0.2, 0.25) is 5.04 Å². The van der Waals surface area contributed by atoms with Gasteiger partial charge >= 0.3 is 20.4 Å². The van der Waals surface area contributed by atoms with Crippen LogP contribution in [0.5, 0.6) is 11.5 Å². The molecule has 13 nitrogen and oxygen atoms in total. The maximum absolute atomic E-state index is 13.9. The van der Waals surface area contributed by atoms with Crippen LogP contribution in [-0.4, -0.2) is 95.2 Å². The summed E-state index contributed by atoms with van der Waals surface area (Å²) in [6.07, 6.45) is 0.291. The molecule has 0 saturated carbocycles. The molecule has 17 heteroatoms. The average molecular weight is 930 g/mol. The van der Waals surface area contributed by atoms with Gasteiger partial charge in [0.15, 0.2) is 0 Å². The van der Waals surface area contributed by atoms with E-state index >= 15 is 0 Å². The third kappa shape index (κ3) is 12.4. The predicted octanol–water partition coefficient (Wildman–Crippen LogP) is 6.71. The summed E-state index contributed by atoms with van der Waals surface area (Å²) in [5, 5.41) is 31.8. The summed E-state index contributed by atoms with van der Waals surface area (Å²) in [7, 11) is -7.67. The number of aliphatic hydroxyl groups excluding tert-OH is 1. The van der Waals surface area contributed by atoms with Gasteiger partial charge in [-0.2, -0.15) is 4.31 Å². The second-order valence-electron chi connectivity index (χ2n) is 17.1. The van der Waals surface area contributed by atoms with Crippen molar-refractivity contribution in [1.29, 1.82) is 0 Å². The Hall–Kier alpha value is -6.01. The molecule has 1 fully saturated rings. The first-order valence-electron chi connectivity index (χ1n) is 21.5. The monoisotopic (exact) mass is 929 g/mol. The van der Waals surface area contributed by atoms with Crippen LogP contribution in [0.4, 0.5) is 29.7 Å². The summed E-state index contributed by atoms with van der Waals surface area (Å²) in [5.41, 5.74) is 1.89. The van der Waals surface area contributed by atoms with Crippen LogP contribution in [-0.2, 0) is 23.0 Å². The number of sulfonamides is 1. The van der Waals surface area contributed by atoms with Gasteiger partial charge in [0.1, 0.15) is 41.5 Å². The minimum absolute atomic E-state index is 0.0496. The van der Waals surface area contributed by atoms with Crippen molar-refractivity contribution >= 4 is 52.2 Å². The molecule has 65 heavy (non-hydrogen) atoms. The van der Waals surface area contributed by atoms with E-state index in [2.05, 4.69) is 36.7 Å². The van der Waals surface area contributed by atoms with Crippen molar-refractivity contribution in [1.82, 2.24) is 15.5 Å². The number of carbonyl (C=O) groups excluding carboxylic acids is 1. The smallest absolute Gasteiger partial charge is 0.426 e. The van der Waals surface area contributed by atoms with E-state index in [4.69, 9.17) is 9.16 Å². The van der Waals surface area contributed by atoms with E-state index in [1.165, 1.54) is 12.1 Å². The molecule has 5 N–H and O–H groups in total. The van der Waals surface area contributed by atoms with Gasteiger partial charge in [0.25, 0.3) is 0 Å². The van der Waals surface area contributed by atoms with Crippen LogP contribution in [0, 0.1) is 11.6 Å². The number of rotatable bonds is 18. The molecule has 1 heterocycles. The number of amides is 3. The highest BCUT2D eigenvalue weighted by atomic mass is 32.2. The number of halogens is 2. The van der Waals surface area contributed by atoms with Crippen LogP contribution in [0.3, 0.4) is 0 Å². The fourth-order valence-electron chi connectivity index (χ4n) is 8.01. The summed E-state index contributed by atoms with van der Waals surface area (Å²) in [4.78, 5) is 26.9. The van der Waals surface area contributed by atoms with Crippen LogP contribution < -0.4 is 39.8 Å². The molecule has 0 bridgehead atoms. The quantitative estimate of drug-likeness (QED) is 0.0471. The molecule has 5 aromatic carbocycles. The summed E-state index contributed by atoms with van der Waals surface area (Å²) >= 11 is 0. The molecule has 3 amide bonds. The van der Waals surface area contributed by atoms with E-state index in [1.54, 1.807) is 11.0 Å². The second kappa shape index (κ2) is 21.3. The zero-order chi connectivity index (χ0) is 46.8. The van der Waals surface area contributed by atoms with Crippen molar-refractivity contribution in [3.63, 3.8) is 0 Å². The highest BCUT2D eigenvalue weighted by molar-refractivity contribution is 7.92. The lowest BCUT2D eigenvalue weighted by Gasteiger charge is -2.43. The van der Waals surface area contributed by atoms with Gasteiger partial charge in [0.05, 0.1) is 6.26 Å². The number of piperidine rings is 1. The number of urea groups is 1. The Morgan fingerprint density at radius 1 is 0.892 bits per heavy atom. The van der Waals surface area contributed by atoms with Crippen molar-refractivity contribution in [2.75, 3.05) is 48.7 Å². The Labute approximate surface area is 380 Å². The normalized spacial score (nSPS) is 14.0. The van der Waals surface area contributed by atoms with Gasteiger partial charge in [-0.05, 0) is 89.2 Å². The Morgan fingerprint density at radius 2 is 1.52 bits per heavy atom. The summed E-state index contributed by atoms with van der Waals surface area (Å²) in [6.45, 7) is 7.71. The van der Waals surface area contributed by atoms with Gasteiger partial charge in [-0.15, -0.1) is 0 Å². The number of carbonyl (C=O) groups is 2. The number of ether oxygens (including phenoxy) is 1. The molecule has 0 unspecified atom stereocenters. The maximum atomic E-state index is 13.9. The maximum Gasteiger partial charge on any atom is 0.426 e. The van der Waals surface area contributed by atoms with Crippen LogP contribution in [0.25, 0.3) is 0 Å². The van der Waals surface area contributed by atoms with E-state index in [9.17, 15) is 37.0 Å². The minimum atomic E-state index is -4.35. The molecule has 1 saturated heterocycles. The molecular weight excluding hydrogens is 873 g/mol. The van der Waals surface area contributed by atoms with Crippen molar-refractivity contribution in [3.8, 4) is 11.5 Å². The Balaban J connectivity index is 1.01. The van der Waals surface area contributed by atoms with Crippen molar-refractivity contribution < 1.29 is 46.2 Å². The summed E-state index contributed by atoms with van der Waals surface area (Å²) in [5.74, 6) is -0.937. The molecule has 6 rings (SSSR count). The summed E-state index contributed by atoms with van der Waals surface area (Å²) in [6, 6.07) is 34.8. The first-order valence-corrected chi connectivity index (χ1v) is 25.2. The molecule has 346 valence electrons. The van der Waals surface area contributed by atoms with E-state index in [-0.39, 0.29) is 58.8 Å². The number of benzene rings is 5. The van der Waals surface area contributed by atoms with E-state index in [0.717, 1.165) is 58.9 Å². The Morgan fingerprint density at radius 3 is 2.11 bits per heavy atom. The molecular formula is C48H57F2N5O8SSi. The number of nitrogens with one attached hydrogen (secondary N) is 3. The van der Waals surface area contributed by atoms with Crippen molar-refractivity contribution in [2.45, 2.75) is 63.8 Å². The first kappa shape index (κ1) is 48.4. The SMILES string of the molecule is CC(C)(C)[Si](Oc1ccc(OC[C@@H](O)CNCCc2ccc(NC3CCN(C(=O)NCc4cc(F)ccc4F)CC3)cc2)cc1N(C(=O)O)S(C)(=O)=O)(c1ccccc1)c1ccccc1. The van der Waals surface area contributed by atoms with Gasteiger partial charge in [-0.1, -0.05) is 93.6 Å². The highest BCUT2D eigenvalue weighted by Gasteiger charge is 2.52. The molecule has 0 radical (unpaired) electrons. The van der Waals surface area contributed by atoms with Crippen LogP contribution >= 0.6 is 0 Å². The lowest BCUT2D eigenvalue weighted by molar-refractivity contribution is 0.106. The topological polar surface area (TPSA) is 170 Å². The predicted molar refractivity (Wildman–Crippen MR) is 251 cm³/mol. The van der Waals surface area contributed by atoms with E-state index < -0.39 is 47.2 Å². The first-order chi connectivity index (χ1) is 30.9. The third-order valence-corrected chi connectivity index (χ3v) is 17.2. The number of aliphatic hydroxyl groups is 1. The molecule has 1 atom stereocenters. The number of hydrogen-bond donors (Lipinski definition) is 5. The second-order valence-corrected chi connectivity index (χ2v) is 23.2. The lowest BCUT2D eigenvalue weighted by atomic mass is 10.0. The number of nitrogens with zero attached hydrogens (tertiary/aromatic N) is 2. The molecule has 5 aromatic rings. The van der Waals surface area contributed by atoms with Gasteiger partial charge in [0.2, 0.25) is 10.0 Å². The van der Waals surface area contributed by atoms with Crippen LogP contribution in [0.1, 0.15) is 44.7 Å². The number of carboxylic acid groups (broad SMARTS) is 1. The zero-order valence-corrected chi connectivity index (χ0v) is 38.8. The van der Waals surface area contributed by atoms with Crippen LogP contribution in [0.15, 0.2) is 121 Å². The Kier molecular flexibility index (Phi) is 15.9. The Bertz CT molecular complexity index is 2450. The molecule has 0 aromatic heterocycles. The largest absolute Gasteiger partial charge is 0.533 e. The number of likely N-dealkylation sites (tertiary alicyclic amines) is 1. The molecule has 1 aliphatic rings. The molecule has 1 aliphatic heterocycles. The van der Waals surface area contributed by atoms with Gasteiger partial charge in [-0.3, -0.25) is 0 Å². The number of anilines is 2. The van der Waals surface area contributed by atoms with Gasteiger partial charge < -0.3 is 40.2 Å². The minimum Gasteiger partial charge on any atom is -0.533 e. The van der Waals surface area contributed by atoms with Crippen molar-refractivity contribution in [3.05, 3.63) is 144 Å². The van der Waals surface area contributed by atoms with Gasteiger partial charge in [0, 0.05) is 49.5 Å². The average Bonchev–Trinajstić information content (AvgIpc) is 3.27. The van der Waals surface area contributed by atoms with Gasteiger partial charge in [-0.25, -0.2) is 26.8 Å². The summed E-state index contributed by atoms with van der Waals surface area (Å²) < 4.78 is 66.7. The van der Waals surface area contributed by atoms with Crippen molar-refractivity contribution in [2.24, 2.45) is 0 Å². The molecule has 0 spiro atoms. The zero-order valence-electron chi connectivity index (χ0n) is 37.0. The fourth-order valence-corrected chi connectivity index (χ4v) is 13.2. The fraction of sp³-hybridized carbons (Fsp3) is 0.333. The van der Waals surface area contributed by atoms with E-state index in [1.807, 2.05) is 84.9 Å². The molecule has 0 aliphatic carbocycles. The highest BCUT2D eigenvalue weighted by Crippen LogP contribution is 2.42.